The minimum absolute atomic E-state index is 0.345. The number of hydrogen-bond donors (Lipinski definition) is 1. The van der Waals surface area contributed by atoms with Crippen LogP contribution in [0.25, 0.3) is 0 Å². The zero-order valence-electron chi connectivity index (χ0n) is 9.30. The lowest BCUT2D eigenvalue weighted by atomic mass is 10.1. The number of benzene rings is 1. The van der Waals surface area contributed by atoms with Gasteiger partial charge in [-0.1, -0.05) is 12.1 Å². The van der Waals surface area contributed by atoms with E-state index in [1.54, 1.807) is 12.1 Å². The summed E-state index contributed by atoms with van der Waals surface area (Å²) in [6.45, 7) is 3.12. The fraction of sp³-hybridized carbons (Fsp3) is 0.538. The molecule has 2 heterocycles. The highest BCUT2D eigenvalue weighted by Crippen LogP contribution is 2.27. The van der Waals surface area contributed by atoms with Crippen molar-refractivity contribution in [3.05, 3.63) is 29.8 Å². The maximum atomic E-state index is 9.20. The van der Waals surface area contributed by atoms with E-state index in [2.05, 4.69) is 4.90 Å². The molecule has 1 aromatic carbocycles. The summed E-state index contributed by atoms with van der Waals surface area (Å²) in [6, 6.07) is 8.17. The number of fused-ring (bicyclic) bond motifs is 2. The van der Waals surface area contributed by atoms with Crippen LogP contribution >= 0.6 is 0 Å². The average molecular weight is 219 g/mol. The van der Waals surface area contributed by atoms with Gasteiger partial charge < -0.3 is 9.84 Å². The Labute approximate surface area is 95.6 Å². The lowest BCUT2D eigenvalue weighted by molar-refractivity contribution is 0.0311. The molecule has 0 aliphatic carbocycles. The number of phenols is 1. The molecule has 86 valence electrons. The lowest BCUT2D eigenvalue weighted by Crippen LogP contribution is -2.38. The summed E-state index contributed by atoms with van der Waals surface area (Å²) in [5.74, 6) is 0.345. The average Bonchev–Trinajstić information content (AvgIpc) is 2.90. The van der Waals surface area contributed by atoms with Crippen LogP contribution in [0.2, 0.25) is 0 Å². The van der Waals surface area contributed by atoms with Gasteiger partial charge in [0.05, 0.1) is 12.7 Å². The van der Waals surface area contributed by atoms with Crippen LogP contribution in [0.5, 0.6) is 5.75 Å². The highest BCUT2D eigenvalue weighted by Gasteiger charge is 2.38. The van der Waals surface area contributed by atoms with Gasteiger partial charge >= 0.3 is 0 Å². The van der Waals surface area contributed by atoms with Gasteiger partial charge in [0.1, 0.15) is 5.75 Å². The summed E-state index contributed by atoms with van der Waals surface area (Å²) in [5.41, 5.74) is 1.29. The topological polar surface area (TPSA) is 32.7 Å². The van der Waals surface area contributed by atoms with E-state index in [1.807, 2.05) is 12.1 Å². The van der Waals surface area contributed by atoms with E-state index < -0.39 is 0 Å². The molecule has 0 radical (unpaired) electrons. The van der Waals surface area contributed by atoms with E-state index in [-0.39, 0.29) is 0 Å². The normalized spacial score (nSPS) is 28.8. The van der Waals surface area contributed by atoms with Crippen LogP contribution in [-0.4, -0.2) is 41.8 Å². The fourth-order valence-electron chi connectivity index (χ4n) is 2.69. The molecular weight excluding hydrogens is 202 g/mol. The molecule has 16 heavy (non-hydrogen) atoms. The van der Waals surface area contributed by atoms with Gasteiger partial charge in [0.15, 0.2) is 0 Å². The number of ether oxygens (including phenoxy) is 1. The zero-order valence-corrected chi connectivity index (χ0v) is 9.30. The van der Waals surface area contributed by atoms with Crippen molar-refractivity contribution < 1.29 is 9.84 Å². The van der Waals surface area contributed by atoms with Gasteiger partial charge in [-0.15, -0.1) is 0 Å². The Balaban J connectivity index is 1.55. The lowest BCUT2D eigenvalue weighted by Gasteiger charge is -2.26. The summed E-state index contributed by atoms with van der Waals surface area (Å²) >= 11 is 0. The van der Waals surface area contributed by atoms with Crippen LogP contribution in [-0.2, 0) is 11.2 Å². The summed E-state index contributed by atoms with van der Waals surface area (Å²) in [5, 5.41) is 9.20. The third-order valence-electron chi connectivity index (χ3n) is 3.64. The Morgan fingerprint density at radius 2 is 2.12 bits per heavy atom. The molecule has 0 spiro atoms. The third-order valence-corrected chi connectivity index (χ3v) is 3.64. The van der Waals surface area contributed by atoms with Crippen LogP contribution in [0.15, 0.2) is 24.3 Å². The van der Waals surface area contributed by atoms with Crippen molar-refractivity contribution in [3.63, 3.8) is 0 Å². The number of hydrogen-bond acceptors (Lipinski definition) is 3. The predicted octanol–water partition coefficient (Wildman–Crippen LogP) is 1.41. The first-order valence-corrected chi connectivity index (χ1v) is 5.95. The Hall–Kier alpha value is -1.06. The summed E-state index contributed by atoms with van der Waals surface area (Å²) in [7, 11) is 0. The maximum Gasteiger partial charge on any atom is 0.115 e. The molecule has 2 aliphatic rings. The van der Waals surface area contributed by atoms with Crippen molar-refractivity contribution >= 4 is 0 Å². The van der Waals surface area contributed by atoms with Gasteiger partial charge in [-0.05, 0) is 30.5 Å². The number of likely N-dealkylation sites (tertiary alicyclic amines) is 1. The van der Waals surface area contributed by atoms with Gasteiger partial charge in [-0.2, -0.15) is 0 Å². The molecule has 0 amide bonds. The first-order valence-electron chi connectivity index (χ1n) is 5.95. The van der Waals surface area contributed by atoms with Crippen LogP contribution < -0.4 is 0 Å². The third kappa shape index (κ3) is 1.93. The Bertz CT molecular complexity index is 363. The molecule has 2 fully saturated rings. The molecule has 1 aromatic rings. The number of morpholine rings is 1. The number of phenolic OH excluding ortho intramolecular Hbond substituents is 1. The summed E-state index contributed by atoms with van der Waals surface area (Å²) in [6.07, 6.45) is 2.77. The second-order valence-electron chi connectivity index (χ2n) is 4.76. The molecule has 2 unspecified atom stereocenters. The fourth-order valence-corrected chi connectivity index (χ4v) is 2.69. The first kappa shape index (κ1) is 10.1. The van der Waals surface area contributed by atoms with Crippen molar-refractivity contribution in [1.82, 2.24) is 4.90 Å². The number of rotatable bonds is 3. The van der Waals surface area contributed by atoms with Gasteiger partial charge in [0, 0.05) is 19.1 Å². The standard InChI is InChI=1S/C13H17NO2/c15-12-3-1-10(2-4-12)5-6-14-8-13-7-11(14)9-16-13/h1-4,11,13,15H,5-9H2. The predicted molar refractivity (Wildman–Crippen MR) is 61.5 cm³/mol. The zero-order chi connectivity index (χ0) is 11.0. The monoisotopic (exact) mass is 219 g/mol. The molecule has 3 nitrogen and oxygen atoms in total. The van der Waals surface area contributed by atoms with Crippen molar-refractivity contribution in [2.24, 2.45) is 0 Å². The SMILES string of the molecule is Oc1ccc(CCN2CC3CC2CO3)cc1. The van der Waals surface area contributed by atoms with E-state index in [0.29, 0.717) is 17.9 Å². The quantitative estimate of drug-likeness (QED) is 0.834. The summed E-state index contributed by atoms with van der Waals surface area (Å²) < 4.78 is 5.58. The molecule has 2 saturated heterocycles. The molecule has 2 bridgehead atoms. The maximum absolute atomic E-state index is 9.20. The minimum atomic E-state index is 0.345. The largest absolute Gasteiger partial charge is 0.508 e. The van der Waals surface area contributed by atoms with Gasteiger partial charge in [-0.3, -0.25) is 4.90 Å². The van der Waals surface area contributed by atoms with Crippen molar-refractivity contribution in [3.8, 4) is 5.75 Å². The van der Waals surface area contributed by atoms with Crippen LogP contribution in [0.4, 0.5) is 0 Å². The smallest absolute Gasteiger partial charge is 0.115 e. The van der Waals surface area contributed by atoms with Crippen LogP contribution in [0.1, 0.15) is 12.0 Å². The highest BCUT2D eigenvalue weighted by molar-refractivity contribution is 5.26. The van der Waals surface area contributed by atoms with Gasteiger partial charge in [0.2, 0.25) is 0 Å². The Morgan fingerprint density at radius 1 is 1.31 bits per heavy atom. The number of nitrogens with zero attached hydrogens (tertiary/aromatic N) is 1. The van der Waals surface area contributed by atoms with Crippen LogP contribution in [0.3, 0.4) is 0 Å². The molecule has 1 N–H and O–H groups in total. The van der Waals surface area contributed by atoms with E-state index in [9.17, 15) is 5.11 Å². The Kier molecular flexibility index (Phi) is 2.58. The molecule has 3 heteroatoms. The van der Waals surface area contributed by atoms with Crippen LogP contribution in [0, 0.1) is 0 Å². The summed E-state index contributed by atoms with van der Waals surface area (Å²) in [4.78, 5) is 2.53. The first-order chi connectivity index (χ1) is 7.81. The van der Waals surface area contributed by atoms with Crippen molar-refractivity contribution in [1.29, 1.82) is 0 Å². The molecule has 2 atom stereocenters. The second-order valence-corrected chi connectivity index (χ2v) is 4.76. The van der Waals surface area contributed by atoms with Gasteiger partial charge in [0.25, 0.3) is 0 Å². The van der Waals surface area contributed by atoms with Gasteiger partial charge in [-0.25, -0.2) is 0 Å². The van der Waals surface area contributed by atoms with E-state index >= 15 is 0 Å². The molecule has 0 aromatic heterocycles. The molecule has 0 saturated carbocycles. The van der Waals surface area contributed by atoms with Crippen molar-refractivity contribution in [2.45, 2.75) is 25.0 Å². The minimum Gasteiger partial charge on any atom is -0.508 e. The molecular formula is C13H17NO2. The number of aromatic hydroxyl groups is 1. The molecule has 3 rings (SSSR count). The van der Waals surface area contributed by atoms with E-state index in [0.717, 1.165) is 26.1 Å². The highest BCUT2D eigenvalue weighted by atomic mass is 16.5. The second kappa shape index (κ2) is 4.07. The van der Waals surface area contributed by atoms with E-state index in [1.165, 1.54) is 12.0 Å². The van der Waals surface area contributed by atoms with Crippen molar-refractivity contribution in [2.75, 3.05) is 19.7 Å². The Morgan fingerprint density at radius 3 is 2.75 bits per heavy atom. The van der Waals surface area contributed by atoms with E-state index in [4.69, 9.17) is 4.74 Å². The molecule has 2 aliphatic heterocycles.